The van der Waals surface area contributed by atoms with Gasteiger partial charge < -0.3 is 19.1 Å². The quantitative estimate of drug-likeness (QED) is 0.717. The number of likely N-dealkylation sites (N-methyl/N-ethyl adjacent to an activating group) is 1. The van der Waals surface area contributed by atoms with Crippen molar-refractivity contribution in [1.82, 2.24) is 4.90 Å². The number of rotatable bonds is 8. The van der Waals surface area contributed by atoms with E-state index in [1.54, 1.807) is 31.3 Å². The van der Waals surface area contributed by atoms with Gasteiger partial charge in [0.1, 0.15) is 5.75 Å². The Kier molecular flexibility index (Phi) is 6.77. The van der Waals surface area contributed by atoms with Crippen LogP contribution in [0.2, 0.25) is 0 Å². The number of benzene rings is 2. The molecular formula is C19H21F2NO4. The first-order valence-electron chi connectivity index (χ1n) is 7.94. The van der Waals surface area contributed by atoms with Crippen molar-refractivity contribution in [2.45, 2.75) is 20.1 Å². The van der Waals surface area contributed by atoms with Crippen LogP contribution in [0.15, 0.2) is 42.5 Å². The van der Waals surface area contributed by atoms with Gasteiger partial charge in [-0.25, -0.2) is 0 Å². The number of carbonyl (C=O) groups is 1. The van der Waals surface area contributed by atoms with Crippen LogP contribution >= 0.6 is 0 Å². The third-order valence-electron chi connectivity index (χ3n) is 3.67. The Balaban J connectivity index is 1.94. The Bertz CT molecular complexity index is 735. The van der Waals surface area contributed by atoms with Crippen molar-refractivity contribution in [3.8, 4) is 17.2 Å². The lowest BCUT2D eigenvalue weighted by molar-refractivity contribution is -0.132. The number of amides is 1. The number of methoxy groups -OCH3 is 1. The predicted octanol–water partition coefficient (Wildman–Crippen LogP) is 3.64. The van der Waals surface area contributed by atoms with E-state index >= 15 is 0 Å². The zero-order chi connectivity index (χ0) is 19.1. The molecule has 26 heavy (non-hydrogen) atoms. The standard InChI is InChI=1S/C19H21F2NO4/c1-13-4-7-15(8-5-13)25-12-18(23)22(2)11-14-6-9-16(26-19(20)21)17(10-14)24-3/h4-10,19H,11-12H2,1-3H3. The van der Waals surface area contributed by atoms with Gasteiger partial charge in [0.25, 0.3) is 5.91 Å². The highest BCUT2D eigenvalue weighted by atomic mass is 19.3. The van der Waals surface area contributed by atoms with Crippen LogP contribution in [0, 0.1) is 6.92 Å². The van der Waals surface area contributed by atoms with Crippen LogP contribution in [0.4, 0.5) is 8.78 Å². The number of aryl methyl sites for hydroxylation is 1. The topological polar surface area (TPSA) is 48.0 Å². The fourth-order valence-electron chi connectivity index (χ4n) is 2.26. The summed E-state index contributed by atoms with van der Waals surface area (Å²) in [6, 6.07) is 12.0. The second-order valence-electron chi connectivity index (χ2n) is 5.72. The molecule has 0 aliphatic rings. The van der Waals surface area contributed by atoms with Crippen LogP contribution < -0.4 is 14.2 Å². The van der Waals surface area contributed by atoms with Gasteiger partial charge in [-0.3, -0.25) is 4.79 Å². The van der Waals surface area contributed by atoms with Crippen molar-refractivity contribution in [2.24, 2.45) is 0 Å². The smallest absolute Gasteiger partial charge is 0.387 e. The molecule has 2 rings (SSSR count). The molecule has 0 saturated heterocycles. The van der Waals surface area contributed by atoms with Gasteiger partial charge in [-0.1, -0.05) is 23.8 Å². The minimum atomic E-state index is -2.93. The van der Waals surface area contributed by atoms with E-state index in [0.717, 1.165) is 11.1 Å². The molecule has 2 aromatic rings. The Morgan fingerprint density at radius 3 is 2.42 bits per heavy atom. The average Bonchev–Trinajstić information content (AvgIpc) is 2.61. The predicted molar refractivity (Wildman–Crippen MR) is 92.8 cm³/mol. The molecule has 0 bridgehead atoms. The highest BCUT2D eigenvalue weighted by molar-refractivity contribution is 5.77. The van der Waals surface area contributed by atoms with Gasteiger partial charge in [-0.05, 0) is 36.8 Å². The number of carbonyl (C=O) groups excluding carboxylic acids is 1. The molecule has 0 heterocycles. The van der Waals surface area contributed by atoms with Crippen molar-refractivity contribution in [1.29, 1.82) is 0 Å². The first-order chi connectivity index (χ1) is 12.4. The van der Waals surface area contributed by atoms with E-state index in [1.165, 1.54) is 18.1 Å². The second kappa shape index (κ2) is 9.03. The Morgan fingerprint density at radius 1 is 1.12 bits per heavy atom. The van der Waals surface area contributed by atoms with E-state index in [0.29, 0.717) is 5.75 Å². The van der Waals surface area contributed by atoms with Crippen molar-refractivity contribution in [3.63, 3.8) is 0 Å². The van der Waals surface area contributed by atoms with E-state index in [4.69, 9.17) is 9.47 Å². The first kappa shape index (κ1) is 19.5. The van der Waals surface area contributed by atoms with Gasteiger partial charge in [0.05, 0.1) is 7.11 Å². The van der Waals surface area contributed by atoms with Gasteiger partial charge in [0, 0.05) is 13.6 Å². The van der Waals surface area contributed by atoms with Crippen LogP contribution in [0.25, 0.3) is 0 Å². The Hall–Kier alpha value is -2.83. The molecule has 0 radical (unpaired) electrons. The summed E-state index contributed by atoms with van der Waals surface area (Å²) in [5.74, 6) is 0.535. The number of ether oxygens (including phenoxy) is 3. The molecule has 0 aromatic heterocycles. The molecule has 0 aliphatic carbocycles. The summed E-state index contributed by atoms with van der Waals surface area (Å²) >= 11 is 0. The van der Waals surface area contributed by atoms with E-state index < -0.39 is 6.61 Å². The maximum atomic E-state index is 12.4. The van der Waals surface area contributed by atoms with E-state index in [-0.39, 0.29) is 30.6 Å². The monoisotopic (exact) mass is 365 g/mol. The minimum absolute atomic E-state index is 0.0528. The Labute approximate surface area is 151 Å². The van der Waals surface area contributed by atoms with Gasteiger partial charge in [0.15, 0.2) is 18.1 Å². The van der Waals surface area contributed by atoms with E-state index in [9.17, 15) is 13.6 Å². The molecule has 7 heteroatoms. The van der Waals surface area contributed by atoms with Gasteiger partial charge in [-0.2, -0.15) is 8.78 Å². The maximum absolute atomic E-state index is 12.4. The fraction of sp³-hybridized carbons (Fsp3) is 0.316. The molecule has 0 N–H and O–H groups in total. The molecule has 140 valence electrons. The van der Waals surface area contributed by atoms with Crippen molar-refractivity contribution in [2.75, 3.05) is 20.8 Å². The molecule has 2 aromatic carbocycles. The third-order valence-corrected chi connectivity index (χ3v) is 3.67. The molecule has 0 saturated carbocycles. The summed E-state index contributed by atoms with van der Waals surface area (Å²) < 4.78 is 39.6. The van der Waals surface area contributed by atoms with Crippen LogP contribution in [-0.4, -0.2) is 38.2 Å². The number of alkyl halides is 2. The average molecular weight is 365 g/mol. The van der Waals surface area contributed by atoms with Crippen molar-refractivity contribution in [3.05, 3.63) is 53.6 Å². The number of halogens is 2. The highest BCUT2D eigenvalue weighted by Crippen LogP contribution is 2.29. The van der Waals surface area contributed by atoms with Crippen LogP contribution in [0.1, 0.15) is 11.1 Å². The highest BCUT2D eigenvalue weighted by Gasteiger charge is 2.14. The lowest BCUT2D eigenvalue weighted by atomic mass is 10.2. The number of hydrogen-bond donors (Lipinski definition) is 0. The lowest BCUT2D eigenvalue weighted by Gasteiger charge is -2.19. The first-order valence-corrected chi connectivity index (χ1v) is 7.94. The molecule has 5 nitrogen and oxygen atoms in total. The molecule has 1 amide bonds. The second-order valence-corrected chi connectivity index (χ2v) is 5.72. The molecule has 0 spiro atoms. The van der Waals surface area contributed by atoms with Crippen molar-refractivity contribution >= 4 is 5.91 Å². The van der Waals surface area contributed by atoms with Gasteiger partial charge >= 0.3 is 6.61 Å². The van der Waals surface area contributed by atoms with Crippen LogP contribution in [0.3, 0.4) is 0 Å². The van der Waals surface area contributed by atoms with Gasteiger partial charge in [0.2, 0.25) is 0 Å². The molecule has 0 atom stereocenters. The SMILES string of the molecule is COc1cc(CN(C)C(=O)COc2ccc(C)cc2)ccc1OC(F)F. The zero-order valence-corrected chi connectivity index (χ0v) is 14.9. The summed E-state index contributed by atoms with van der Waals surface area (Å²) in [6.45, 7) is -0.780. The summed E-state index contributed by atoms with van der Waals surface area (Å²) in [4.78, 5) is 13.7. The molecule has 0 aliphatic heterocycles. The normalized spacial score (nSPS) is 10.5. The number of nitrogens with zero attached hydrogens (tertiary/aromatic N) is 1. The van der Waals surface area contributed by atoms with E-state index in [2.05, 4.69) is 4.74 Å². The minimum Gasteiger partial charge on any atom is -0.493 e. The fourth-order valence-corrected chi connectivity index (χ4v) is 2.26. The Morgan fingerprint density at radius 2 is 1.81 bits per heavy atom. The van der Waals surface area contributed by atoms with Gasteiger partial charge in [-0.15, -0.1) is 0 Å². The largest absolute Gasteiger partial charge is 0.493 e. The maximum Gasteiger partial charge on any atom is 0.387 e. The summed E-state index contributed by atoms with van der Waals surface area (Å²) in [5.41, 5.74) is 1.82. The lowest BCUT2D eigenvalue weighted by Crippen LogP contribution is -2.30. The number of hydrogen-bond acceptors (Lipinski definition) is 4. The molecule has 0 fully saturated rings. The third kappa shape index (κ3) is 5.61. The summed E-state index contributed by atoms with van der Waals surface area (Å²) in [6.07, 6.45) is 0. The summed E-state index contributed by atoms with van der Waals surface area (Å²) in [7, 11) is 3.00. The zero-order valence-electron chi connectivity index (χ0n) is 14.9. The summed E-state index contributed by atoms with van der Waals surface area (Å²) in [5, 5.41) is 0. The van der Waals surface area contributed by atoms with Crippen LogP contribution in [0.5, 0.6) is 17.2 Å². The molecule has 0 unspecified atom stereocenters. The van der Waals surface area contributed by atoms with Crippen LogP contribution in [-0.2, 0) is 11.3 Å². The van der Waals surface area contributed by atoms with E-state index in [1.807, 2.05) is 19.1 Å². The molecular weight excluding hydrogens is 344 g/mol. The van der Waals surface area contributed by atoms with Crippen molar-refractivity contribution < 1.29 is 27.8 Å².